The van der Waals surface area contributed by atoms with Crippen molar-refractivity contribution in [2.24, 2.45) is 0 Å². The first kappa shape index (κ1) is 21.3. The molecule has 2 rings (SSSR count). The van der Waals surface area contributed by atoms with Crippen LogP contribution in [0.2, 0.25) is 0 Å². The molecule has 148 valence electrons. The summed E-state index contributed by atoms with van der Waals surface area (Å²) in [7, 11) is -4.23. The molecule has 2 N–H and O–H groups in total. The molecule has 7 nitrogen and oxygen atoms in total. The zero-order valence-corrected chi connectivity index (χ0v) is 16.7. The second kappa shape index (κ2) is 9.76. The Labute approximate surface area is 165 Å². The number of rotatable bonds is 8. The third kappa shape index (κ3) is 5.99. The van der Waals surface area contributed by atoms with E-state index in [-0.39, 0.29) is 16.2 Å². The van der Waals surface area contributed by atoms with Gasteiger partial charge >= 0.3 is 6.03 Å². The van der Waals surface area contributed by atoms with E-state index in [1.807, 2.05) is 36.8 Å². The number of urea groups is 1. The van der Waals surface area contributed by atoms with Crippen molar-refractivity contribution in [3.63, 3.8) is 0 Å². The molecule has 0 saturated heterocycles. The number of hydrogen-bond donors (Lipinski definition) is 2. The van der Waals surface area contributed by atoms with Gasteiger partial charge in [0, 0.05) is 6.54 Å². The highest BCUT2D eigenvalue weighted by Gasteiger charge is 2.23. The second-order valence-electron chi connectivity index (χ2n) is 6.26. The zero-order chi connectivity index (χ0) is 20.6. The van der Waals surface area contributed by atoms with Gasteiger partial charge in [-0.25, -0.2) is 17.9 Å². The van der Waals surface area contributed by atoms with Gasteiger partial charge in [0.1, 0.15) is 16.4 Å². The lowest BCUT2D eigenvalue weighted by Gasteiger charge is -2.13. The van der Waals surface area contributed by atoms with Crippen LogP contribution in [-0.2, 0) is 10.0 Å². The lowest BCUT2D eigenvalue weighted by atomic mass is 10.2. The molecule has 0 bridgehead atoms. The van der Waals surface area contributed by atoms with Crippen molar-refractivity contribution in [3.05, 3.63) is 53.6 Å². The molecular weight excluding hydrogens is 378 g/mol. The summed E-state index contributed by atoms with van der Waals surface area (Å²) in [6, 6.07) is 12.2. The van der Waals surface area contributed by atoms with E-state index in [0.717, 1.165) is 24.8 Å². The molecule has 0 radical (unpaired) electrons. The van der Waals surface area contributed by atoms with Gasteiger partial charge in [0.2, 0.25) is 0 Å². The first-order valence-corrected chi connectivity index (χ1v) is 10.4. The van der Waals surface area contributed by atoms with Crippen molar-refractivity contribution >= 4 is 16.1 Å². The van der Waals surface area contributed by atoms with E-state index in [9.17, 15) is 13.2 Å². The van der Waals surface area contributed by atoms with Crippen LogP contribution in [0.5, 0.6) is 11.5 Å². The Balaban J connectivity index is 2.24. The predicted octanol–water partition coefficient (Wildman–Crippen LogP) is 3.84. The van der Waals surface area contributed by atoms with E-state index in [2.05, 4.69) is 5.32 Å². The molecule has 0 fully saturated rings. The van der Waals surface area contributed by atoms with Crippen molar-refractivity contribution in [1.29, 1.82) is 5.26 Å². The molecule has 0 aliphatic carbocycles. The maximum Gasteiger partial charge on any atom is 0.328 e. The molecule has 28 heavy (non-hydrogen) atoms. The minimum atomic E-state index is -4.23. The van der Waals surface area contributed by atoms with E-state index in [1.165, 1.54) is 18.2 Å². The summed E-state index contributed by atoms with van der Waals surface area (Å²) < 4.78 is 33.1. The number of ether oxygens (including phenoxy) is 1. The first-order valence-electron chi connectivity index (χ1n) is 8.95. The Bertz CT molecular complexity index is 964. The zero-order valence-electron chi connectivity index (χ0n) is 15.9. The fourth-order valence-electron chi connectivity index (χ4n) is 2.40. The fraction of sp³-hybridized carbons (Fsp3) is 0.300. The van der Waals surface area contributed by atoms with Crippen molar-refractivity contribution in [2.75, 3.05) is 6.54 Å². The summed E-state index contributed by atoms with van der Waals surface area (Å²) in [6.07, 6.45) is 2.68. The molecule has 8 heteroatoms. The van der Waals surface area contributed by atoms with Crippen molar-refractivity contribution in [3.8, 4) is 17.6 Å². The highest BCUT2D eigenvalue weighted by Crippen LogP contribution is 2.29. The highest BCUT2D eigenvalue weighted by atomic mass is 32.2. The maximum absolute atomic E-state index is 12.7. The van der Waals surface area contributed by atoms with Crippen LogP contribution >= 0.6 is 0 Å². The minimum absolute atomic E-state index is 0.0223. The standard InChI is InChI=1S/C20H23N3O4S/c1-3-4-5-12-22-20(24)23-28(25,26)19-13-16(14-21)8-11-18(19)27-17-9-6-15(2)7-10-17/h6-11,13H,3-5,12H2,1-2H3,(H2,22,23,24). The van der Waals surface area contributed by atoms with E-state index in [0.29, 0.717) is 12.3 Å². The monoisotopic (exact) mass is 401 g/mol. The Morgan fingerprint density at radius 3 is 2.50 bits per heavy atom. The topological polar surface area (TPSA) is 108 Å². The number of carbonyl (C=O) groups excluding carboxylic acids is 1. The summed E-state index contributed by atoms with van der Waals surface area (Å²) in [6.45, 7) is 4.33. The molecule has 0 aliphatic heterocycles. The van der Waals surface area contributed by atoms with Crippen LogP contribution in [0.1, 0.15) is 37.3 Å². The molecule has 2 aromatic carbocycles. The average molecular weight is 401 g/mol. The van der Waals surface area contributed by atoms with Crippen LogP contribution in [0.3, 0.4) is 0 Å². The number of benzene rings is 2. The quantitative estimate of drug-likeness (QED) is 0.653. The number of carbonyl (C=O) groups is 1. The molecule has 2 aromatic rings. The Morgan fingerprint density at radius 2 is 1.86 bits per heavy atom. The second-order valence-corrected chi connectivity index (χ2v) is 7.91. The average Bonchev–Trinajstić information content (AvgIpc) is 2.67. The molecule has 0 unspecified atom stereocenters. The largest absolute Gasteiger partial charge is 0.456 e. The summed E-state index contributed by atoms with van der Waals surface area (Å²) in [5.41, 5.74) is 1.17. The minimum Gasteiger partial charge on any atom is -0.456 e. The number of sulfonamides is 1. The Kier molecular flexibility index (Phi) is 7.41. The van der Waals surface area contributed by atoms with Gasteiger partial charge in [-0.1, -0.05) is 37.5 Å². The maximum atomic E-state index is 12.7. The summed E-state index contributed by atoms with van der Waals surface area (Å²) >= 11 is 0. The van der Waals surface area contributed by atoms with Crippen molar-refractivity contribution in [2.45, 2.75) is 38.0 Å². The summed E-state index contributed by atoms with van der Waals surface area (Å²) in [4.78, 5) is 11.7. The van der Waals surface area contributed by atoms with Crippen LogP contribution in [-0.4, -0.2) is 21.0 Å². The number of hydrogen-bond acceptors (Lipinski definition) is 5. The normalized spacial score (nSPS) is 10.8. The third-order valence-corrected chi connectivity index (χ3v) is 5.26. The molecule has 0 saturated carbocycles. The van der Waals surface area contributed by atoms with Gasteiger partial charge in [-0.2, -0.15) is 5.26 Å². The van der Waals surface area contributed by atoms with E-state index >= 15 is 0 Å². The fourth-order valence-corrected chi connectivity index (χ4v) is 3.48. The van der Waals surface area contributed by atoms with Gasteiger partial charge in [-0.15, -0.1) is 0 Å². The van der Waals surface area contributed by atoms with Crippen LogP contribution < -0.4 is 14.8 Å². The smallest absolute Gasteiger partial charge is 0.328 e. The van der Waals surface area contributed by atoms with Crippen LogP contribution in [0.4, 0.5) is 4.79 Å². The molecule has 0 spiro atoms. The predicted molar refractivity (Wildman–Crippen MR) is 106 cm³/mol. The van der Waals surface area contributed by atoms with Crippen molar-refractivity contribution in [1.82, 2.24) is 10.0 Å². The van der Waals surface area contributed by atoms with Crippen molar-refractivity contribution < 1.29 is 17.9 Å². The number of aryl methyl sites for hydroxylation is 1. The van der Waals surface area contributed by atoms with Gasteiger partial charge in [0.05, 0.1) is 11.6 Å². The number of nitrogens with zero attached hydrogens (tertiary/aromatic N) is 1. The summed E-state index contributed by atoms with van der Waals surface area (Å²) in [5.74, 6) is 0.463. The molecule has 2 amide bonds. The van der Waals surface area contributed by atoms with Gasteiger partial charge < -0.3 is 10.1 Å². The summed E-state index contributed by atoms with van der Waals surface area (Å²) in [5, 5.41) is 11.6. The first-order chi connectivity index (χ1) is 13.4. The van der Waals surface area contributed by atoms with E-state index < -0.39 is 16.1 Å². The highest BCUT2D eigenvalue weighted by molar-refractivity contribution is 7.90. The van der Waals surface area contributed by atoms with Crippen LogP contribution in [0, 0.1) is 18.3 Å². The number of amides is 2. The number of nitrogens with one attached hydrogen (secondary N) is 2. The van der Waals surface area contributed by atoms with Gasteiger partial charge in [0.25, 0.3) is 10.0 Å². The van der Waals surface area contributed by atoms with Gasteiger partial charge in [-0.05, 0) is 43.7 Å². The van der Waals surface area contributed by atoms with Crippen LogP contribution in [0.15, 0.2) is 47.4 Å². The lowest BCUT2D eigenvalue weighted by Crippen LogP contribution is -2.39. The molecule has 0 aromatic heterocycles. The molecule has 0 atom stereocenters. The molecule has 0 aliphatic rings. The van der Waals surface area contributed by atoms with E-state index in [1.54, 1.807) is 12.1 Å². The van der Waals surface area contributed by atoms with Gasteiger partial charge in [-0.3, -0.25) is 0 Å². The van der Waals surface area contributed by atoms with Crippen LogP contribution in [0.25, 0.3) is 0 Å². The Hall–Kier alpha value is -3.05. The molecule has 0 heterocycles. The van der Waals surface area contributed by atoms with E-state index in [4.69, 9.17) is 10.00 Å². The number of nitriles is 1. The lowest BCUT2D eigenvalue weighted by molar-refractivity contribution is 0.245. The molecular formula is C20H23N3O4S. The SMILES string of the molecule is CCCCCNC(=O)NS(=O)(=O)c1cc(C#N)ccc1Oc1ccc(C)cc1. The number of unbranched alkanes of at least 4 members (excludes halogenated alkanes) is 2. The van der Waals surface area contributed by atoms with Gasteiger partial charge in [0.15, 0.2) is 0 Å². The Morgan fingerprint density at radius 1 is 1.14 bits per heavy atom. The third-order valence-electron chi connectivity index (χ3n) is 3.90.